The van der Waals surface area contributed by atoms with E-state index in [2.05, 4.69) is 16.9 Å². The predicted molar refractivity (Wildman–Crippen MR) is 60.9 cm³/mol. The highest BCUT2D eigenvalue weighted by Crippen LogP contribution is 2.27. The van der Waals surface area contributed by atoms with Gasteiger partial charge in [-0.3, -0.25) is 4.79 Å². The van der Waals surface area contributed by atoms with Gasteiger partial charge in [-0.15, -0.1) is 6.58 Å². The molecule has 80 valence electrons. The number of aromatic nitrogens is 1. The zero-order chi connectivity index (χ0) is 10.7. The van der Waals surface area contributed by atoms with Crippen molar-refractivity contribution in [1.29, 1.82) is 0 Å². The van der Waals surface area contributed by atoms with Gasteiger partial charge < -0.3 is 10.3 Å². The largest absolute Gasteiger partial charge is 0.326 e. The summed E-state index contributed by atoms with van der Waals surface area (Å²) in [6.45, 7) is 4.50. The van der Waals surface area contributed by atoms with Crippen LogP contribution in [0.5, 0.6) is 0 Å². The molecule has 2 N–H and O–H groups in total. The fraction of sp³-hybridized carbons (Fsp3) is 0.417. The van der Waals surface area contributed by atoms with Gasteiger partial charge in [0.25, 0.3) is 0 Å². The molecule has 0 saturated heterocycles. The maximum atomic E-state index is 11.2. The minimum Gasteiger partial charge on any atom is -0.326 e. The average molecular weight is 204 g/mol. The van der Waals surface area contributed by atoms with E-state index in [9.17, 15) is 4.79 Å². The third kappa shape index (κ3) is 2.18. The molecule has 0 saturated carbocycles. The van der Waals surface area contributed by atoms with Crippen molar-refractivity contribution in [3.05, 3.63) is 46.4 Å². The van der Waals surface area contributed by atoms with Crippen LogP contribution in [0.4, 0.5) is 0 Å². The Kier molecular flexibility index (Phi) is 3.02. The first-order valence-electron chi connectivity index (χ1n) is 5.37. The second kappa shape index (κ2) is 4.45. The molecule has 1 aliphatic carbocycles. The fourth-order valence-corrected chi connectivity index (χ4v) is 2.14. The lowest BCUT2D eigenvalue weighted by atomic mass is 9.91. The fourth-order valence-electron chi connectivity index (χ4n) is 2.14. The zero-order valence-electron chi connectivity index (χ0n) is 8.75. The summed E-state index contributed by atoms with van der Waals surface area (Å²) in [5, 5.41) is 3.41. The van der Waals surface area contributed by atoms with Gasteiger partial charge in [0.1, 0.15) is 0 Å². The summed E-state index contributed by atoms with van der Waals surface area (Å²) in [5.41, 5.74) is 2.33. The summed E-state index contributed by atoms with van der Waals surface area (Å²) >= 11 is 0. The van der Waals surface area contributed by atoms with Crippen LogP contribution in [0.2, 0.25) is 0 Å². The van der Waals surface area contributed by atoms with Crippen molar-refractivity contribution >= 4 is 0 Å². The molecular formula is C12H16N2O. The van der Waals surface area contributed by atoms with Gasteiger partial charge in [0, 0.05) is 24.3 Å². The van der Waals surface area contributed by atoms with Crippen LogP contribution in [0.25, 0.3) is 0 Å². The molecule has 1 heterocycles. The number of aromatic amines is 1. The summed E-state index contributed by atoms with van der Waals surface area (Å²) in [4.78, 5) is 14.1. The van der Waals surface area contributed by atoms with Crippen molar-refractivity contribution in [3.63, 3.8) is 0 Å². The second-order valence-corrected chi connectivity index (χ2v) is 3.90. The lowest BCUT2D eigenvalue weighted by Crippen LogP contribution is -2.27. The molecule has 1 aliphatic rings. The molecule has 0 radical (unpaired) electrons. The molecule has 15 heavy (non-hydrogen) atoms. The average Bonchev–Trinajstić information content (AvgIpc) is 2.25. The highest BCUT2D eigenvalue weighted by Gasteiger charge is 2.19. The van der Waals surface area contributed by atoms with Gasteiger partial charge in [-0.1, -0.05) is 12.1 Å². The Balaban J connectivity index is 2.26. The van der Waals surface area contributed by atoms with Crippen molar-refractivity contribution in [2.45, 2.75) is 25.3 Å². The van der Waals surface area contributed by atoms with Crippen molar-refractivity contribution in [2.24, 2.45) is 0 Å². The number of aryl methyl sites for hydroxylation is 1. The Hall–Kier alpha value is -1.35. The Morgan fingerprint density at radius 2 is 2.47 bits per heavy atom. The standard InChI is InChI=1S/C12H16N2O/c1-2-8-13-10-4-3-5-11-9(10)6-7-12(15)14-11/h2,6-7,10,13H,1,3-5,8H2,(H,14,15). The lowest BCUT2D eigenvalue weighted by molar-refractivity contribution is 0.474. The monoisotopic (exact) mass is 204 g/mol. The van der Waals surface area contributed by atoms with Crippen LogP contribution in [-0.4, -0.2) is 11.5 Å². The molecule has 3 nitrogen and oxygen atoms in total. The number of pyridine rings is 1. The first kappa shape index (κ1) is 10.2. The van der Waals surface area contributed by atoms with Crippen LogP contribution >= 0.6 is 0 Å². The van der Waals surface area contributed by atoms with E-state index in [1.807, 2.05) is 12.1 Å². The number of rotatable bonds is 3. The quantitative estimate of drug-likeness (QED) is 0.733. The normalized spacial score (nSPS) is 19.6. The van der Waals surface area contributed by atoms with Gasteiger partial charge in [0.05, 0.1) is 0 Å². The van der Waals surface area contributed by atoms with E-state index in [4.69, 9.17) is 0 Å². The van der Waals surface area contributed by atoms with Crippen LogP contribution in [-0.2, 0) is 6.42 Å². The Bertz CT molecular complexity index is 408. The number of H-pyrrole nitrogens is 1. The van der Waals surface area contributed by atoms with E-state index < -0.39 is 0 Å². The van der Waals surface area contributed by atoms with Gasteiger partial charge in [0.2, 0.25) is 5.56 Å². The second-order valence-electron chi connectivity index (χ2n) is 3.90. The Morgan fingerprint density at radius 3 is 3.27 bits per heavy atom. The molecule has 0 aromatic carbocycles. The molecule has 1 aromatic heterocycles. The first-order valence-corrected chi connectivity index (χ1v) is 5.37. The molecule has 0 amide bonds. The van der Waals surface area contributed by atoms with Crippen molar-refractivity contribution in [1.82, 2.24) is 10.3 Å². The van der Waals surface area contributed by atoms with Gasteiger partial charge in [0.15, 0.2) is 0 Å². The Labute approximate surface area is 89.2 Å². The number of fused-ring (bicyclic) bond motifs is 1. The molecule has 0 spiro atoms. The summed E-state index contributed by atoms with van der Waals surface area (Å²) in [6, 6.07) is 3.91. The maximum Gasteiger partial charge on any atom is 0.248 e. The van der Waals surface area contributed by atoms with Crippen molar-refractivity contribution in [3.8, 4) is 0 Å². The smallest absolute Gasteiger partial charge is 0.248 e. The summed E-state index contributed by atoms with van der Waals surface area (Å²) in [5.74, 6) is 0. The molecule has 1 unspecified atom stereocenters. The predicted octanol–water partition coefficient (Wildman–Crippen LogP) is 1.53. The highest BCUT2D eigenvalue weighted by molar-refractivity contribution is 5.26. The van der Waals surface area contributed by atoms with Crippen molar-refractivity contribution < 1.29 is 0 Å². The molecule has 0 aliphatic heterocycles. The van der Waals surface area contributed by atoms with Gasteiger partial charge >= 0.3 is 0 Å². The van der Waals surface area contributed by atoms with Crippen molar-refractivity contribution in [2.75, 3.05) is 6.54 Å². The van der Waals surface area contributed by atoms with Crippen LogP contribution in [0.3, 0.4) is 0 Å². The number of hydrogen-bond donors (Lipinski definition) is 2. The molecule has 0 fully saturated rings. The topological polar surface area (TPSA) is 44.9 Å². The van der Waals surface area contributed by atoms with E-state index in [1.165, 1.54) is 5.56 Å². The zero-order valence-corrected chi connectivity index (χ0v) is 8.75. The van der Waals surface area contributed by atoms with E-state index in [-0.39, 0.29) is 5.56 Å². The van der Waals surface area contributed by atoms with Crippen LogP contribution in [0, 0.1) is 0 Å². The SMILES string of the molecule is C=CCNC1CCCc2[nH]c(=O)ccc21. The first-order chi connectivity index (χ1) is 7.31. The highest BCUT2D eigenvalue weighted by atomic mass is 16.1. The summed E-state index contributed by atoms with van der Waals surface area (Å²) < 4.78 is 0. The molecule has 3 heteroatoms. The third-order valence-corrected chi connectivity index (χ3v) is 2.84. The van der Waals surface area contributed by atoms with E-state index >= 15 is 0 Å². The van der Waals surface area contributed by atoms with Gasteiger partial charge in [-0.25, -0.2) is 0 Å². The molecular weight excluding hydrogens is 188 g/mol. The number of nitrogens with one attached hydrogen (secondary N) is 2. The van der Waals surface area contributed by atoms with Gasteiger partial charge in [-0.2, -0.15) is 0 Å². The summed E-state index contributed by atoms with van der Waals surface area (Å²) in [7, 11) is 0. The lowest BCUT2D eigenvalue weighted by Gasteiger charge is -2.25. The van der Waals surface area contributed by atoms with E-state index in [1.54, 1.807) is 6.07 Å². The molecule has 0 bridgehead atoms. The Morgan fingerprint density at radius 1 is 1.60 bits per heavy atom. The molecule has 1 aromatic rings. The van der Waals surface area contributed by atoms with Crippen LogP contribution in [0.1, 0.15) is 30.1 Å². The summed E-state index contributed by atoms with van der Waals surface area (Å²) in [6.07, 6.45) is 5.10. The van der Waals surface area contributed by atoms with Gasteiger partial charge in [-0.05, 0) is 24.8 Å². The minimum atomic E-state index is -0.00174. The van der Waals surface area contributed by atoms with E-state index in [0.717, 1.165) is 31.5 Å². The third-order valence-electron chi connectivity index (χ3n) is 2.84. The maximum absolute atomic E-state index is 11.2. The number of hydrogen-bond acceptors (Lipinski definition) is 2. The molecule has 1 atom stereocenters. The molecule has 2 rings (SSSR count). The van der Waals surface area contributed by atoms with Crippen LogP contribution in [0.15, 0.2) is 29.6 Å². The van der Waals surface area contributed by atoms with E-state index in [0.29, 0.717) is 6.04 Å². The van der Waals surface area contributed by atoms with Crippen LogP contribution < -0.4 is 10.9 Å². The minimum absolute atomic E-state index is 0.00174.